The molecule has 0 unspecified atom stereocenters. The van der Waals surface area contributed by atoms with E-state index in [-0.39, 0.29) is 5.56 Å². The normalized spacial score (nSPS) is 11.8. The first-order valence-corrected chi connectivity index (χ1v) is 11.0. The highest BCUT2D eigenvalue weighted by Crippen LogP contribution is 2.39. The minimum absolute atomic E-state index is 0.228. The Hall–Kier alpha value is -3.65. The van der Waals surface area contributed by atoms with E-state index in [2.05, 4.69) is 20.3 Å². The number of nitrogens with zero attached hydrogens (tertiary/aromatic N) is 6. The van der Waals surface area contributed by atoms with Gasteiger partial charge < -0.3 is 4.90 Å². The van der Waals surface area contributed by atoms with E-state index in [0.29, 0.717) is 27.3 Å². The number of hydrogen-bond acceptors (Lipinski definition) is 6. The van der Waals surface area contributed by atoms with Gasteiger partial charge in [-0.15, -0.1) is 26.7 Å². The van der Waals surface area contributed by atoms with Gasteiger partial charge in [0.1, 0.15) is 5.00 Å². The first-order chi connectivity index (χ1) is 15.3. The van der Waals surface area contributed by atoms with Gasteiger partial charge in [0, 0.05) is 19.0 Å². The molecule has 0 amide bonds. The number of aliphatic imine (C=N–C) groups is 1. The van der Waals surface area contributed by atoms with Gasteiger partial charge in [0.15, 0.2) is 0 Å². The third-order valence-corrected chi connectivity index (χ3v) is 5.88. The Morgan fingerprint density at radius 3 is 2.16 bits per heavy atom. The van der Waals surface area contributed by atoms with Crippen LogP contribution < -0.4 is 5.56 Å². The average Bonchev–Trinajstić information content (AvgIpc) is 3.11. The van der Waals surface area contributed by atoms with Crippen LogP contribution in [0, 0.1) is 20.8 Å². The lowest BCUT2D eigenvalue weighted by atomic mass is 10.2. The van der Waals surface area contributed by atoms with Gasteiger partial charge in [-0.25, -0.2) is 4.99 Å². The Labute approximate surface area is 190 Å². The number of aromatic nitrogens is 2. The lowest BCUT2D eigenvalue weighted by molar-refractivity contribution is 0.643. The molecular weight excluding hydrogens is 420 g/mol. The minimum Gasteiger partial charge on any atom is -0.369 e. The van der Waals surface area contributed by atoms with Gasteiger partial charge in [0.05, 0.1) is 28.5 Å². The maximum atomic E-state index is 13.5. The van der Waals surface area contributed by atoms with Crippen LogP contribution in [-0.4, -0.2) is 35.1 Å². The summed E-state index contributed by atoms with van der Waals surface area (Å²) in [5.74, 6) is 0.390. The highest BCUT2D eigenvalue weighted by Gasteiger charge is 2.20. The lowest BCUT2D eigenvalue weighted by Crippen LogP contribution is -2.21. The standard InChI is InChI=1S/C24H24N6OS/c1-15-6-10-18(11-7-15)26-27-22-20-17(3)32-23(25-14-29(4)5)21(20)24(31)30(28-22)19-12-8-16(2)9-13-19/h6-14H,1-5H3/b25-14+,27-26?. The van der Waals surface area contributed by atoms with E-state index in [1.807, 2.05) is 88.3 Å². The molecule has 0 bridgehead atoms. The second-order valence-electron chi connectivity index (χ2n) is 7.83. The van der Waals surface area contributed by atoms with Crippen molar-refractivity contribution in [3.63, 3.8) is 0 Å². The number of benzene rings is 2. The number of aryl methyl sites for hydroxylation is 3. The summed E-state index contributed by atoms with van der Waals surface area (Å²) in [7, 11) is 3.78. The van der Waals surface area contributed by atoms with Gasteiger partial charge in [-0.1, -0.05) is 35.4 Å². The van der Waals surface area contributed by atoms with Gasteiger partial charge in [0.25, 0.3) is 5.56 Å². The number of fused-ring (bicyclic) bond motifs is 1. The summed E-state index contributed by atoms with van der Waals surface area (Å²) in [5.41, 5.74) is 3.41. The number of thiophene rings is 1. The Balaban J connectivity index is 1.96. The first kappa shape index (κ1) is 21.6. The fourth-order valence-corrected chi connectivity index (χ4v) is 4.18. The fraction of sp³-hybridized carbons (Fsp3) is 0.208. The lowest BCUT2D eigenvalue weighted by Gasteiger charge is -2.08. The molecule has 7 nitrogen and oxygen atoms in total. The zero-order chi connectivity index (χ0) is 22.8. The summed E-state index contributed by atoms with van der Waals surface area (Å²) in [6.45, 7) is 5.97. The largest absolute Gasteiger partial charge is 0.369 e. The van der Waals surface area contributed by atoms with Crippen molar-refractivity contribution < 1.29 is 0 Å². The van der Waals surface area contributed by atoms with Gasteiger partial charge in [-0.05, 0) is 45.0 Å². The minimum atomic E-state index is -0.228. The molecule has 162 valence electrons. The summed E-state index contributed by atoms with van der Waals surface area (Å²) in [6.07, 6.45) is 1.69. The van der Waals surface area contributed by atoms with Crippen LogP contribution in [0.25, 0.3) is 16.5 Å². The van der Waals surface area contributed by atoms with Crippen molar-refractivity contribution in [2.45, 2.75) is 20.8 Å². The van der Waals surface area contributed by atoms with Crippen molar-refractivity contribution in [2.24, 2.45) is 15.2 Å². The van der Waals surface area contributed by atoms with Crippen LogP contribution in [0.5, 0.6) is 0 Å². The molecule has 8 heteroatoms. The van der Waals surface area contributed by atoms with E-state index in [1.165, 1.54) is 16.0 Å². The van der Waals surface area contributed by atoms with Crippen molar-refractivity contribution in [1.82, 2.24) is 14.7 Å². The number of rotatable bonds is 5. The molecular formula is C24H24N6OS. The number of azo groups is 1. The Kier molecular flexibility index (Phi) is 5.96. The average molecular weight is 445 g/mol. The fourth-order valence-electron chi connectivity index (χ4n) is 3.20. The Bertz CT molecular complexity index is 1380. The highest BCUT2D eigenvalue weighted by atomic mass is 32.1. The van der Waals surface area contributed by atoms with Crippen molar-refractivity contribution >= 4 is 45.0 Å². The van der Waals surface area contributed by atoms with Gasteiger partial charge in [0.2, 0.25) is 5.82 Å². The molecule has 0 N–H and O–H groups in total. The summed E-state index contributed by atoms with van der Waals surface area (Å²) < 4.78 is 1.38. The van der Waals surface area contributed by atoms with E-state index in [9.17, 15) is 4.79 Å². The van der Waals surface area contributed by atoms with Crippen molar-refractivity contribution in [2.75, 3.05) is 14.1 Å². The smallest absolute Gasteiger partial charge is 0.282 e. The van der Waals surface area contributed by atoms with E-state index >= 15 is 0 Å². The molecule has 0 atom stereocenters. The van der Waals surface area contributed by atoms with Crippen LogP contribution in [0.1, 0.15) is 16.0 Å². The quantitative estimate of drug-likeness (QED) is 0.215. The van der Waals surface area contributed by atoms with Crippen molar-refractivity contribution in [1.29, 1.82) is 0 Å². The van der Waals surface area contributed by atoms with Crippen LogP contribution in [0.15, 0.2) is 68.5 Å². The third kappa shape index (κ3) is 4.36. The molecule has 2 aromatic heterocycles. The summed E-state index contributed by atoms with van der Waals surface area (Å²) >= 11 is 1.45. The van der Waals surface area contributed by atoms with Gasteiger partial charge in [-0.3, -0.25) is 4.79 Å². The summed E-state index contributed by atoms with van der Waals surface area (Å²) in [6, 6.07) is 15.4. The molecule has 0 saturated heterocycles. The number of hydrogen-bond donors (Lipinski definition) is 0. The zero-order valence-electron chi connectivity index (χ0n) is 18.7. The summed E-state index contributed by atoms with van der Waals surface area (Å²) in [4.78, 5) is 20.8. The third-order valence-electron chi connectivity index (χ3n) is 4.87. The molecule has 2 aromatic carbocycles. The molecule has 2 heterocycles. The molecule has 0 fully saturated rings. The predicted octanol–water partition coefficient (Wildman–Crippen LogP) is 6.01. The molecule has 32 heavy (non-hydrogen) atoms. The molecule has 0 aliphatic carbocycles. The van der Waals surface area contributed by atoms with Crippen molar-refractivity contribution in [3.8, 4) is 5.69 Å². The molecule has 4 aromatic rings. The molecule has 0 spiro atoms. The molecule has 0 radical (unpaired) electrons. The van der Waals surface area contributed by atoms with Crippen molar-refractivity contribution in [3.05, 3.63) is 74.9 Å². The SMILES string of the molecule is Cc1ccc(N=Nc2nn(-c3ccc(C)cc3)c(=O)c3c(/N=C/N(C)C)sc(C)c23)cc1. The zero-order valence-corrected chi connectivity index (χ0v) is 19.5. The van der Waals surface area contributed by atoms with Crippen LogP contribution in [0.4, 0.5) is 16.5 Å². The highest BCUT2D eigenvalue weighted by molar-refractivity contribution is 7.17. The summed E-state index contributed by atoms with van der Waals surface area (Å²) in [5, 5.41) is 15.2. The molecule has 4 rings (SSSR count). The van der Waals surface area contributed by atoms with Crippen LogP contribution in [0.2, 0.25) is 0 Å². The van der Waals surface area contributed by atoms with E-state index in [4.69, 9.17) is 0 Å². The van der Waals surface area contributed by atoms with Crippen LogP contribution in [-0.2, 0) is 0 Å². The predicted molar refractivity (Wildman–Crippen MR) is 132 cm³/mol. The van der Waals surface area contributed by atoms with E-state index in [0.717, 1.165) is 21.7 Å². The second-order valence-corrected chi connectivity index (χ2v) is 9.04. The van der Waals surface area contributed by atoms with Crippen LogP contribution in [0.3, 0.4) is 0 Å². The van der Waals surface area contributed by atoms with Crippen LogP contribution >= 0.6 is 11.3 Å². The molecule has 0 aliphatic rings. The monoisotopic (exact) mass is 444 g/mol. The Morgan fingerprint density at radius 1 is 0.906 bits per heavy atom. The molecule has 0 aliphatic heterocycles. The van der Waals surface area contributed by atoms with Gasteiger partial charge >= 0.3 is 0 Å². The first-order valence-electron chi connectivity index (χ1n) is 10.2. The van der Waals surface area contributed by atoms with Gasteiger partial charge in [-0.2, -0.15) is 4.68 Å². The molecule has 0 saturated carbocycles. The van der Waals surface area contributed by atoms with E-state index < -0.39 is 0 Å². The maximum absolute atomic E-state index is 13.5. The maximum Gasteiger partial charge on any atom is 0.282 e. The topological polar surface area (TPSA) is 75.2 Å². The second kappa shape index (κ2) is 8.84. The van der Waals surface area contributed by atoms with E-state index in [1.54, 1.807) is 6.34 Å². The Morgan fingerprint density at radius 2 is 1.53 bits per heavy atom.